The zero-order chi connectivity index (χ0) is 34.3. The van der Waals surface area contributed by atoms with Gasteiger partial charge in [-0.15, -0.1) is 0 Å². The van der Waals surface area contributed by atoms with E-state index in [9.17, 15) is 49.2 Å². The van der Waals surface area contributed by atoms with Gasteiger partial charge in [-0.25, -0.2) is 14.3 Å². The molecule has 3 aromatic rings. The molecule has 12 N–H and O–H groups in total. The number of aliphatic hydroxyl groups is 4. The van der Waals surface area contributed by atoms with Gasteiger partial charge < -0.3 is 55.2 Å². The zero-order valence-corrected chi connectivity index (χ0v) is 25.8. The van der Waals surface area contributed by atoms with Crippen molar-refractivity contribution in [2.75, 3.05) is 12.3 Å². The highest BCUT2D eigenvalue weighted by Gasteiger charge is 2.50. The lowest BCUT2D eigenvalue weighted by Gasteiger charge is -2.22. The second kappa shape index (κ2) is 13.8. The lowest BCUT2D eigenvalue weighted by Crippen LogP contribution is -2.40. The molecule has 0 spiro atoms. The summed E-state index contributed by atoms with van der Waals surface area (Å²) in [6, 6.07) is 1.01. The van der Waals surface area contributed by atoms with Crippen LogP contribution in [0, 0.1) is 0 Å². The first-order chi connectivity index (χ1) is 21.3. The molecule has 5 rings (SSSR count). The largest absolute Gasteiger partial charge is 0.470 e. The molecule has 0 bridgehead atoms. The fourth-order valence-electron chi connectivity index (χ4n) is 4.72. The Morgan fingerprint density at radius 1 is 1.07 bits per heavy atom. The molecule has 26 heteroatoms. The second-order valence-corrected chi connectivity index (χ2v) is 13.7. The number of H-pyrrole nitrogens is 2. The average molecular weight is 718 g/mol. The number of rotatable bonds is 8. The number of aromatic nitrogens is 6. The summed E-state index contributed by atoms with van der Waals surface area (Å²) in [5.74, 6) is -0.158. The number of nitrogen functional groups attached to an aromatic ring is 1. The van der Waals surface area contributed by atoms with E-state index in [1.807, 2.05) is 4.98 Å². The van der Waals surface area contributed by atoms with Crippen LogP contribution in [0.1, 0.15) is 19.4 Å². The third-order valence-corrected chi connectivity index (χ3v) is 7.88. The molecule has 0 radical (unpaired) electrons. The zero-order valence-electron chi connectivity index (χ0n) is 23.1. The number of imidazole rings is 1. The van der Waals surface area contributed by atoms with Gasteiger partial charge in [0.05, 0.1) is 19.0 Å². The molecule has 3 aromatic heterocycles. The van der Waals surface area contributed by atoms with Crippen LogP contribution in [-0.4, -0.2) is 118 Å². The third-order valence-electron chi connectivity index (χ3n) is 6.58. The fraction of sp³-hybridized carbons (Fsp3) is 0.550. The van der Waals surface area contributed by atoms with Crippen molar-refractivity contribution >= 4 is 43.5 Å². The van der Waals surface area contributed by atoms with Crippen molar-refractivity contribution in [1.29, 1.82) is 0 Å². The van der Waals surface area contributed by atoms with E-state index in [1.165, 1.54) is 17.8 Å². The predicted molar refractivity (Wildman–Crippen MR) is 153 cm³/mol. The summed E-state index contributed by atoms with van der Waals surface area (Å²) in [5.41, 5.74) is 3.39. The van der Waals surface area contributed by atoms with Gasteiger partial charge in [0.25, 0.3) is 11.1 Å². The number of nitrogens with two attached hydrogens (primary N) is 1. The molecule has 46 heavy (non-hydrogen) atoms. The van der Waals surface area contributed by atoms with Crippen LogP contribution >= 0.6 is 14.5 Å². The van der Waals surface area contributed by atoms with Gasteiger partial charge >= 0.3 is 20.2 Å². The number of aliphatic hydroxyl groups excluding tert-OH is 4. The van der Waals surface area contributed by atoms with E-state index >= 15 is 0 Å². The van der Waals surface area contributed by atoms with Crippen LogP contribution in [0.25, 0.3) is 11.2 Å². The fourth-order valence-corrected chi connectivity index (χ4v) is 6.15. The summed E-state index contributed by atoms with van der Waals surface area (Å²) in [5, 5.41) is 39.5. The minimum absolute atomic E-state index is 0.0284. The number of fused-ring (bicyclic) bond motifs is 1. The maximum absolute atomic E-state index is 11.8. The van der Waals surface area contributed by atoms with Gasteiger partial charge in [0.2, 0.25) is 5.95 Å². The Kier molecular flexibility index (Phi) is 10.8. The van der Waals surface area contributed by atoms with Crippen molar-refractivity contribution in [3.8, 4) is 0 Å². The molecule has 2 fully saturated rings. The molecule has 1 unspecified atom stereocenters. The number of hydrogen-bond acceptors (Lipinski definition) is 16. The number of nitrogens with one attached hydrogen (secondary N) is 2. The average Bonchev–Trinajstić information content (AvgIpc) is 3.57. The van der Waals surface area contributed by atoms with Gasteiger partial charge in [0, 0.05) is 12.3 Å². The number of phosphoric acid groups is 1. The minimum atomic E-state index is -4.96. The van der Waals surface area contributed by atoms with Crippen molar-refractivity contribution in [2.45, 2.75) is 62.1 Å². The van der Waals surface area contributed by atoms with Gasteiger partial charge in [0.15, 0.2) is 23.6 Å². The molecule has 0 saturated carbocycles. The number of hydrogen-bond donors (Lipinski definition) is 11. The van der Waals surface area contributed by atoms with Crippen LogP contribution in [0.5, 0.6) is 0 Å². The molecule has 5 heterocycles. The first-order valence-corrected chi connectivity index (χ1v) is 16.9. The molecule has 2 aliphatic heterocycles. The highest BCUT2D eigenvalue weighted by atomic mass is 32.5. The van der Waals surface area contributed by atoms with Gasteiger partial charge in [-0.2, -0.15) is 4.98 Å². The van der Waals surface area contributed by atoms with Crippen molar-refractivity contribution in [3.05, 3.63) is 49.8 Å². The van der Waals surface area contributed by atoms with Gasteiger partial charge in [0.1, 0.15) is 36.6 Å². The molecular formula is C20H29N7O16P2S. The number of ether oxygens (including phenoxy) is 2. The van der Waals surface area contributed by atoms with Crippen LogP contribution in [-0.2, 0) is 34.9 Å². The number of nitrogens with zero attached hydrogens (tertiary/aromatic N) is 4. The Bertz CT molecular complexity index is 1820. The molecule has 2 aliphatic rings. The summed E-state index contributed by atoms with van der Waals surface area (Å²) in [6.07, 6.45) is -9.86. The summed E-state index contributed by atoms with van der Waals surface area (Å²) < 4.78 is 33.1. The van der Waals surface area contributed by atoms with E-state index in [1.54, 1.807) is 0 Å². The molecule has 2 saturated heterocycles. The van der Waals surface area contributed by atoms with E-state index in [0.29, 0.717) is 0 Å². The van der Waals surface area contributed by atoms with Crippen molar-refractivity contribution in [2.24, 2.45) is 0 Å². The maximum atomic E-state index is 11.8. The smallest absolute Gasteiger partial charge is 0.394 e. The first kappa shape index (κ1) is 36.1. The molecular weight excluding hydrogens is 688 g/mol. The van der Waals surface area contributed by atoms with Crippen LogP contribution in [0.3, 0.4) is 0 Å². The van der Waals surface area contributed by atoms with E-state index in [2.05, 4.69) is 31.3 Å². The standard InChI is InChI=1S/C10H14N5O7PS.C10H15N2O9P/c11-10-13-7-4(8(18)14-10)12-2-15(7)9-5(17)6(3(1-16)21-9)22-23(19,20)24;1-4(13)7-8(21-22(17,18)19)6(15)9(20-7)12-3-2-5(14)11-10(12)16/h2-3,5-6,9,16-17H,1H2,(H2,19,20,24)(H3,11,13,14,18);2-4,6-9,13,15H,1H3,(H,11,14,16)(H2,17,18,19)/t3-,5-,6-,9-;4?,6-,7-,8+,9-/m11/s1. The Balaban J connectivity index is 0.000000210. The Hall–Kier alpha value is -2.77. The van der Waals surface area contributed by atoms with E-state index in [-0.39, 0.29) is 17.1 Å². The Morgan fingerprint density at radius 3 is 2.26 bits per heavy atom. The minimum Gasteiger partial charge on any atom is -0.394 e. The molecule has 0 aliphatic carbocycles. The number of anilines is 1. The SMILES string of the molecule is CC(O)[C@H]1O[C@@H](n2ccc(=O)[nH]c2=O)[C@H](O)[C@@H]1OP(=O)(O)O.Nc1nc2c(ncn2[C@@H]2O[C@H](CO)[C@@H](OP(O)(O)=S)[C@H]2O)c(=O)[nH]1. The van der Waals surface area contributed by atoms with Crippen LogP contribution in [0.4, 0.5) is 5.95 Å². The summed E-state index contributed by atoms with van der Waals surface area (Å²) in [7, 11) is -4.96. The van der Waals surface area contributed by atoms with Gasteiger partial charge in [-0.1, -0.05) is 0 Å². The van der Waals surface area contributed by atoms with Crippen LogP contribution in [0.15, 0.2) is 33.0 Å². The molecule has 9 atom stereocenters. The van der Waals surface area contributed by atoms with Crippen LogP contribution < -0.4 is 22.5 Å². The number of phosphoric ester groups is 1. The summed E-state index contributed by atoms with van der Waals surface area (Å²) >= 11 is 4.38. The molecule has 23 nitrogen and oxygen atoms in total. The Labute approximate surface area is 259 Å². The monoisotopic (exact) mass is 717 g/mol. The summed E-state index contributed by atoms with van der Waals surface area (Å²) in [4.78, 5) is 82.9. The van der Waals surface area contributed by atoms with E-state index in [0.717, 1.165) is 16.8 Å². The second-order valence-electron chi connectivity index (χ2n) is 9.87. The highest BCUT2D eigenvalue weighted by Crippen LogP contribution is 2.45. The number of aromatic amines is 2. The summed E-state index contributed by atoms with van der Waals surface area (Å²) in [6.45, 7) is -3.41. The van der Waals surface area contributed by atoms with E-state index in [4.69, 9.17) is 29.5 Å². The van der Waals surface area contributed by atoms with Gasteiger partial charge in [-0.3, -0.25) is 37.7 Å². The Morgan fingerprint density at radius 2 is 1.70 bits per heavy atom. The van der Waals surface area contributed by atoms with E-state index < -0.39 is 93.1 Å². The topological polar surface area (TPSA) is 360 Å². The van der Waals surface area contributed by atoms with Crippen molar-refractivity contribution < 1.29 is 63.1 Å². The quantitative estimate of drug-likeness (QED) is 0.0974. The molecule has 0 amide bonds. The third kappa shape index (κ3) is 8.02. The predicted octanol–water partition coefficient (Wildman–Crippen LogP) is -4.80. The highest BCUT2D eigenvalue weighted by molar-refractivity contribution is 8.06. The van der Waals surface area contributed by atoms with Crippen molar-refractivity contribution in [1.82, 2.24) is 29.1 Å². The lowest BCUT2D eigenvalue weighted by molar-refractivity contribution is -0.0798. The van der Waals surface area contributed by atoms with Crippen molar-refractivity contribution in [3.63, 3.8) is 0 Å². The lowest BCUT2D eigenvalue weighted by atomic mass is 10.1. The maximum Gasteiger partial charge on any atom is 0.470 e. The molecule has 256 valence electrons. The normalized spacial score (nSPS) is 29.1. The first-order valence-electron chi connectivity index (χ1n) is 12.8. The van der Waals surface area contributed by atoms with Gasteiger partial charge in [-0.05, 0) is 18.7 Å². The molecule has 0 aromatic carbocycles. The van der Waals surface area contributed by atoms with Crippen LogP contribution in [0.2, 0.25) is 0 Å².